The molecule has 0 bridgehead atoms. The first kappa shape index (κ1) is 13.8. The van der Waals surface area contributed by atoms with E-state index in [1.807, 2.05) is 24.3 Å². The van der Waals surface area contributed by atoms with Gasteiger partial charge in [-0.3, -0.25) is 10.1 Å². The van der Waals surface area contributed by atoms with Gasteiger partial charge in [0, 0.05) is 12.1 Å². The zero-order valence-corrected chi connectivity index (χ0v) is 11.2. The summed E-state index contributed by atoms with van der Waals surface area (Å²) in [6.07, 6.45) is 0. The highest BCUT2D eigenvalue weighted by Gasteiger charge is 2.27. The van der Waals surface area contributed by atoms with Crippen LogP contribution >= 0.6 is 0 Å². The molecule has 0 saturated heterocycles. The van der Waals surface area contributed by atoms with Crippen LogP contribution in [0.2, 0.25) is 0 Å². The van der Waals surface area contributed by atoms with Crippen molar-refractivity contribution in [2.24, 2.45) is 0 Å². The van der Waals surface area contributed by atoms with Crippen molar-refractivity contribution in [1.29, 1.82) is 0 Å². The summed E-state index contributed by atoms with van der Waals surface area (Å²) < 4.78 is 19.0. The molecule has 0 spiro atoms. The molecular weight excluding hydrogens is 247 g/mol. The van der Waals surface area contributed by atoms with Gasteiger partial charge in [-0.15, -0.1) is 0 Å². The van der Waals surface area contributed by atoms with Crippen molar-refractivity contribution in [1.82, 2.24) is 10.6 Å². The fourth-order valence-corrected chi connectivity index (χ4v) is 1.96. The Morgan fingerprint density at radius 2 is 2.26 bits per heavy atom. The molecule has 0 saturated carbocycles. The lowest BCUT2D eigenvalue weighted by molar-refractivity contribution is -0.123. The third kappa shape index (κ3) is 3.67. The minimum atomic E-state index is -1.42. The fourth-order valence-electron chi connectivity index (χ4n) is 1.96. The van der Waals surface area contributed by atoms with Crippen LogP contribution in [0.5, 0.6) is 5.75 Å². The van der Waals surface area contributed by atoms with Crippen molar-refractivity contribution in [3.05, 3.63) is 29.8 Å². The molecule has 0 radical (unpaired) electrons. The average molecular weight is 266 g/mol. The minimum Gasteiger partial charge on any atom is -0.492 e. The maximum absolute atomic E-state index is 13.4. The standard InChI is InChI=1S/C14H19FN2O2/c1-14(2,15)9-17-13(18)12-10-5-3-4-6-11(10)19-8-7-16-12/h3-6,12,16H,7-9H2,1-2H3,(H,17,18). The molecule has 19 heavy (non-hydrogen) atoms. The molecule has 4 nitrogen and oxygen atoms in total. The molecule has 1 atom stereocenters. The number of fused-ring (bicyclic) bond motifs is 1. The first-order valence-corrected chi connectivity index (χ1v) is 6.39. The van der Waals surface area contributed by atoms with E-state index < -0.39 is 11.7 Å². The van der Waals surface area contributed by atoms with Crippen molar-refractivity contribution < 1.29 is 13.9 Å². The highest BCUT2D eigenvalue weighted by molar-refractivity contribution is 5.84. The van der Waals surface area contributed by atoms with E-state index in [9.17, 15) is 9.18 Å². The number of hydrogen-bond acceptors (Lipinski definition) is 3. The third-order valence-corrected chi connectivity index (χ3v) is 2.88. The molecule has 2 N–H and O–H groups in total. The van der Waals surface area contributed by atoms with E-state index in [4.69, 9.17) is 4.74 Å². The molecule has 1 aliphatic rings. The second kappa shape index (κ2) is 5.57. The summed E-state index contributed by atoms with van der Waals surface area (Å²) in [6.45, 7) is 3.95. The molecule has 2 rings (SSSR count). The number of benzene rings is 1. The smallest absolute Gasteiger partial charge is 0.241 e. The Bertz CT molecular complexity index is 457. The molecule has 1 aliphatic heterocycles. The molecule has 1 aromatic carbocycles. The van der Waals surface area contributed by atoms with Gasteiger partial charge in [-0.25, -0.2) is 4.39 Å². The predicted molar refractivity (Wildman–Crippen MR) is 70.9 cm³/mol. The first-order chi connectivity index (χ1) is 8.97. The number of ether oxygens (including phenoxy) is 1. The number of amides is 1. The summed E-state index contributed by atoms with van der Waals surface area (Å²) in [6, 6.07) is 6.90. The minimum absolute atomic E-state index is 0.00691. The molecule has 1 unspecified atom stereocenters. The van der Waals surface area contributed by atoms with Gasteiger partial charge < -0.3 is 10.1 Å². The predicted octanol–water partition coefficient (Wildman–Crippen LogP) is 1.57. The summed E-state index contributed by atoms with van der Waals surface area (Å²) in [7, 11) is 0. The molecule has 0 aliphatic carbocycles. The van der Waals surface area contributed by atoms with E-state index in [1.165, 1.54) is 13.8 Å². The maximum Gasteiger partial charge on any atom is 0.241 e. The van der Waals surface area contributed by atoms with Gasteiger partial charge in [0.1, 0.15) is 24.1 Å². The number of nitrogens with one attached hydrogen (secondary N) is 2. The first-order valence-electron chi connectivity index (χ1n) is 6.39. The van der Waals surface area contributed by atoms with Crippen LogP contribution in [0.15, 0.2) is 24.3 Å². The van der Waals surface area contributed by atoms with Crippen LogP contribution in [-0.4, -0.2) is 31.3 Å². The summed E-state index contributed by atoms with van der Waals surface area (Å²) in [5.41, 5.74) is -0.634. The Hall–Kier alpha value is -1.62. The number of alkyl halides is 1. The highest BCUT2D eigenvalue weighted by atomic mass is 19.1. The fraction of sp³-hybridized carbons (Fsp3) is 0.500. The van der Waals surface area contributed by atoms with Crippen LogP contribution in [-0.2, 0) is 4.79 Å². The summed E-state index contributed by atoms with van der Waals surface area (Å²) in [5, 5.41) is 5.74. The van der Waals surface area contributed by atoms with Crippen LogP contribution in [0.3, 0.4) is 0 Å². The molecule has 1 heterocycles. The van der Waals surface area contributed by atoms with E-state index in [-0.39, 0.29) is 12.5 Å². The van der Waals surface area contributed by atoms with Gasteiger partial charge in [0.25, 0.3) is 0 Å². The van der Waals surface area contributed by atoms with Gasteiger partial charge in [-0.2, -0.15) is 0 Å². The number of hydrogen-bond donors (Lipinski definition) is 2. The SMILES string of the molecule is CC(C)(F)CNC(=O)C1NCCOc2ccccc21. The highest BCUT2D eigenvalue weighted by Crippen LogP contribution is 2.27. The lowest BCUT2D eigenvalue weighted by Gasteiger charge is -2.20. The van der Waals surface area contributed by atoms with Crippen molar-refractivity contribution in [3.63, 3.8) is 0 Å². The van der Waals surface area contributed by atoms with Crippen molar-refractivity contribution in [2.75, 3.05) is 19.7 Å². The van der Waals surface area contributed by atoms with Crippen LogP contribution in [0, 0.1) is 0 Å². The second-order valence-electron chi connectivity index (χ2n) is 5.21. The topological polar surface area (TPSA) is 50.4 Å². The quantitative estimate of drug-likeness (QED) is 0.873. The number of para-hydroxylation sites is 1. The van der Waals surface area contributed by atoms with Gasteiger partial charge in [-0.05, 0) is 19.9 Å². The molecule has 0 aromatic heterocycles. The van der Waals surface area contributed by atoms with E-state index in [0.29, 0.717) is 18.9 Å². The molecule has 0 fully saturated rings. The number of rotatable bonds is 3. The van der Waals surface area contributed by atoms with Crippen LogP contribution in [0.1, 0.15) is 25.5 Å². The summed E-state index contributed by atoms with van der Waals surface area (Å²) in [5.74, 6) is 0.468. The van der Waals surface area contributed by atoms with Gasteiger partial charge in [0.2, 0.25) is 5.91 Å². The van der Waals surface area contributed by atoms with Gasteiger partial charge in [-0.1, -0.05) is 18.2 Å². The van der Waals surface area contributed by atoms with Crippen LogP contribution in [0.25, 0.3) is 0 Å². The average Bonchev–Trinajstić information content (AvgIpc) is 2.57. The Kier molecular flexibility index (Phi) is 4.04. The summed E-state index contributed by atoms with van der Waals surface area (Å²) in [4.78, 5) is 12.2. The van der Waals surface area contributed by atoms with E-state index in [1.54, 1.807) is 0 Å². The Morgan fingerprint density at radius 1 is 1.53 bits per heavy atom. The monoisotopic (exact) mass is 266 g/mol. The zero-order chi connectivity index (χ0) is 13.9. The molecular formula is C14H19FN2O2. The van der Waals surface area contributed by atoms with Gasteiger partial charge >= 0.3 is 0 Å². The van der Waals surface area contributed by atoms with Crippen molar-refractivity contribution in [3.8, 4) is 5.75 Å². The molecule has 1 aromatic rings. The van der Waals surface area contributed by atoms with Gasteiger partial charge in [0.15, 0.2) is 0 Å². The Labute approximate surface area is 112 Å². The van der Waals surface area contributed by atoms with E-state index in [0.717, 1.165) is 5.56 Å². The van der Waals surface area contributed by atoms with Crippen LogP contribution < -0.4 is 15.4 Å². The third-order valence-electron chi connectivity index (χ3n) is 2.88. The van der Waals surface area contributed by atoms with E-state index in [2.05, 4.69) is 10.6 Å². The lowest BCUT2D eigenvalue weighted by Crippen LogP contribution is -2.42. The van der Waals surface area contributed by atoms with Gasteiger partial charge in [0.05, 0.1) is 6.54 Å². The lowest BCUT2D eigenvalue weighted by atomic mass is 10.0. The van der Waals surface area contributed by atoms with Crippen molar-refractivity contribution in [2.45, 2.75) is 25.6 Å². The van der Waals surface area contributed by atoms with Crippen molar-refractivity contribution >= 4 is 5.91 Å². The molecule has 1 amide bonds. The maximum atomic E-state index is 13.4. The zero-order valence-electron chi connectivity index (χ0n) is 11.2. The largest absolute Gasteiger partial charge is 0.492 e. The van der Waals surface area contributed by atoms with E-state index >= 15 is 0 Å². The number of carbonyl (C=O) groups excluding carboxylic acids is 1. The number of carbonyl (C=O) groups is 1. The Balaban J connectivity index is 2.13. The normalized spacial score (nSPS) is 19.0. The second-order valence-corrected chi connectivity index (χ2v) is 5.21. The Morgan fingerprint density at radius 3 is 3.00 bits per heavy atom. The van der Waals surface area contributed by atoms with Crippen LogP contribution in [0.4, 0.5) is 4.39 Å². The molecule has 5 heteroatoms. The number of halogens is 1. The summed E-state index contributed by atoms with van der Waals surface area (Å²) >= 11 is 0. The molecule has 104 valence electrons.